The second-order valence-electron chi connectivity index (χ2n) is 8.83. The molecule has 2 aliphatic carbocycles. The summed E-state index contributed by atoms with van der Waals surface area (Å²) in [5, 5.41) is 0. The van der Waals surface area contributed by atoms with Gasteiger partial charge in [-0.15, -0.1) is 0 Å². The van der Waals surface area contributed by atoms with Crippen molar-refractivity contribution < 1.29 is 9.21 Å². The van der Waals surface area contributed by atoms with Crippen LogP contribution in [-0.2, 0) is 0 Å². The normalized spacial score (nSPS) is 22.5. The Balaban J connectivity index is 1.28. The molecule has 1 saturated heterocycles. The number of para-hydroxylation sites is 1. The molecule has 1 aromatic carbocycles. The average Bonchev–Trinajstić information content (AvgIpc) is 3.31. The van der Waals surface area contributed by atoms with Crippen LogP contribution >= 0.6 is 0 Å². The second-order valence-corrected chi connectivity index (χ2v) is 8.83. The van der Waals surface area contributed by atoms with Gasteiger partial charge in [0.25, 0.3) is 5.91 Å². The lowest BCUT2D eigenvalue weighted by molar-refractivity contribution is 0.0140. The summed E-state index contributed by atoms with van der Waals surface area (Å²) < 4.78 is 5.16. The zero-order valence-electron chi connectivity index (χ0n) is 15.8. The number of furan rings is 1. The lowest BCUT2D eigenvalue weighted by Gasteiger charge is -2.55. The van der Waals surface area contributed by atoms with Crippen LogP contribution in [0.1, 0.15) is 48.9 Å². The van der Waals surface area contributed by atoms with E-state index in [2.05, 4.69) is 4.90 Å². The van der Waals surface area contributed by atoms with Gasteiger partial charge in [0.15, 0.2) is 0 Å². The van der Waals surface area contributed by atoms with Crippen LogP contribution < -0.4 is 4.90 Å². The molecule has 142 valence electrons. The van der Waals surface area contributed by atoms with Crippen molar-refractivity contribution in [3.05, 3.63) is 54.5 Å². The first-order valence-corrected chi connectivity index (χ1v) is 10.4. The first-order valence-electron chi connectivity index (χ1n) is 10.4. The molecule has 0 N–H and O–H groups in total. The predicted octanol–water partition coefficient (Wildman–Crippen LogP) is 4.58. The molecule has 0 bridgehead atoms. The van der Waals surface area contributed by atoms with Crippen molar-refractivity contribution in [2.24, 2.45) is 11.3 Å². The molecule has 4 heteroatoms. The third-order valence-corrected chi connectivity index (χ3v) is 6.85. The van der Waals surface area contributed by atoms with Crippen molar-refractivity contribution in [2.45, 2.75) is 44.6 Å². The molecule has 1 spiro atoms. The fourth-order valence-corrected chi connectivity index (χ4v) is 5.01. The van der Waals surface area contributed by atoms with Gasteiger partial charge >= 0.3 is 0 Å². The van der Waals surface area contributed by atoms with Gasteiger partial charge in [-0.2, -0.15) is 0 Å². The quantitative estimate of drug-likeness (QED) is 0.779. The van der Waals surface area contributed by atoms with E-state index in [0.717, 1.165) is 24.4 Å². The number of rotatable bonds is 5. The fourth-order valence-electron chi connectivity index (χ4n) is 5.01. The smallest absolute Gasteiger partial charge is 0.261 e. The summed E-state index contributed by atoms with van der Waals surface area (Å²) >= 11 is 0. The monoisotopic (exact) mass is 364 g/mol. The van der Waals surface area contributed by atoms with E-state index in [-0.39, 0.29) is 5.91 Å². The molecule has 0 atom stereocenters. The van der Waals surface area contributed by atoms with Crippen molar-refractivity contribution in [1.29, 1.82) is 0 Å². The number of carbonyl (C=O) groups excluding carboxylic acids is 1. The molecule has 3 aliphatic rings. The van der Waals surface area contributed by atoms with E-state index < -0.39 is 0 Å². The van der Waals surface area contributed by atoms with E-state index in [4.69, 9.17) is 4.42 Å². The molecule has 2 aromatic rings. The number of likely N-dealkylation sites (tertiary alicyclic amines) is 1. The maximum absolute atomic E-state index is 13.1. The van der Waals surface area contributed by atoms with Gasteiger partial charge in [0.1, 0.15) is 6.26 Å². The number of piperidine rings is 1. The standard InChI is InChI=1S/C23H28N2O2/c26-22(19-8-13-27-17-19)25(20-4-2-1-3-5-20)21-14-23(15-21)9-11-24(12-10-23)16-18-6-7-18/h1-5,8,13,17-18,21H,6-7,9-12,14-16H2. The SMILES string of the molecule is O=C(c1ccoc1)N(c1ccccc1)C1CC2(CCN(CC3CC3)CC2)C1. The fraction of sp³-hybridized carbons (Fsp3) is 0.522. The van der Waals surface area contributed by atoms with Crippen LogP contribution in [0.2, 0.25) is 0 Å². The summed E-state index contributed by atoms with van der Waals surface area (Å²) in [5.74, 6) is 1.04. The van der Waals surface area contributed by atoms with Crippen LogP contribution in [0.3, 0.4) is 0 Å². The Morgan fingerprint density at radius 2 is 1.85 bits per heavy atom. The zero-order chi connectivity index (χ0) is 18.3. The Kier molecular flexibility index (Phi) is 4.31. The van der Waals surface area contributed by atoms with Gasteiger partial charge in [0.05, 0.1) is 11.8 Å². The van der Waals surface area contributed by atoms with Crippen LogP contribution in [-0.4, -0.2) is 36.5 Å². The van der Waals surface area contributed by atoms with Gasteiger partial charge in [0.2, 0.25) is 0 Å². The number of carbonyl (C=O) groups is 1. The van der Waals surface area contributed by atoms with E-state index in [1.54, 1.807) is 18.6 Å². The summed E-state index contributed by atoms with van der Waals surface area (Å²) in [7, 11) is 0. The number of benzene rings is 1. The van der Waals surface area contributed by atoms with Crippen LogP contribution in [0.5, 0.6) is 0 Å². The van der Waals surface area contributed by atoms with Crippen LogP contribution in [0, 0.1) is 11.3 Å². The van der Waals surface area contributed by atoms with E-state index in [9.17, 15) is 4.79 Å². The number of amides is 1. The third kappa shape index (κ3) is 3.43. The summed E-state index contributed by atoms with van der Waals surface area (Å²) in [4.78, 5) is 17.8. The van der Waals surface area contributed by atoms with Gasteiger partial charge < -0.3 is 14.2 Å². The zero-order valence-corrected chi connectivity index (χ0v) is 15.8. The molecule has 1 amide bonds. The highest BCUT2D eigenvalue weighted by molar-refractivity contribution is 6.06. The number of anilines is 1. The largest absolute Gasteiger partial charge is 0.472 e. The van der Waals surface area contributed by atoms with Crippen molar-refractivity contribution >= 4 is 11.6 Å². The molecule has 2 saturated carbocycles. The number of hydrogen-bond acceptors (Lipinski definition) is 3. The van der Waals surface area contributed by atoms with Crippen molar-refractivity contribution in [3.8, 4) is 0 Å². The minimum atomic E-state index is 0.0565. The topological polar surface area (TPSA) is 36.7 Å². The molecular formula is C23H28N2O2. The number of hydrogen-bond donors (Lipinski definition) is 0. The van der Waals surface area contributed by atoms with Gasteiger partial charge in [-0.3, -0.25) is 4.79 Å². The Labute approximate surface area is 161 Å². The Morgan fingerprint density at radius 3 is 2.48 bits per heavy atom. The Bertz CT molecular complexity index is 766. The van der Waals surface area contributed by atoms with Crippen LogP contribution in [0.15, 0.2) is 53.3 Å². The van der Waals surface area contributed by atoms with Crippen molar-refractivity contribution in [3.63, 3.8) is 0 Å². The predicted molar refractivity (Wildman–Crippen MR) is 106 cm³/mol. The first-order chi connectivity index (χ1) is 13.2. The van der Waals surface area contributed by atoms with E-state index in [0.29, 0.717) is 17.0 Å². The summed E-state index contributed by atoms with van der Waals surface area (Å²) in [6.07, 6.45) is 10.8. The molecule has 1 aliphatic heterocycles. The van der Waals surface area contributed by atoms with Gasteiger partial charge in [-0.1, -0.05) is 18.2 Å². The van der Waals surface area contributed by atoms with Crippen molar-refractivity contribution in [2.75, 3.05) is 24.5 Å². The summed E-state index contributed by atoms with van der Waals surface area (Å²) in [5.41, 5.74) is 2.09. The highest BCUT2D eigenvalue weighted by Crippen LogP contribution is 2.52. The van der Waals surface area contributed by atoms with Crippen molar-refractivity contribution in [1.82, 2.24) is 4.90 Å². The van der Waals surface area contributed by atoms with E-state index in [1.807, 2.05) is 35.2 Å². The van der Waals surface area contributed by atoms with E-state index in [1.165, 1.54) is 45.3 Å². The van der Waals surface area contributed by atoms with E-state index >= 15 is 0 Å². The molecule has 0 radical (unpaired) electrons. The lowest BCUT2D eigenvalue weighted by Crippen LogP contribution is -2.56. The first kappa shape index (κ1) is 17.1. The third-order valence-electron chi connectivity index (χ3n) is 6.85. The molecule has 2 heterocycles. The van der Waals surface area contributed by atoms with Gasteiger partial charge in [-0.05, 0) is 81.1 Å². The minimum absolute atomic E-state index is 0.0565. The molecule has 5 rings (SSSR count). The average molecular weight is 364 g/mol. The molecule has 4 nitrogen and oxygen atoms in total. The Hall–Kier alpha value is -2.07. The molecule has 3 fully saturated rings. The van der Waals surface area contributed by atoms with Crippen LogP contribution in [0.4, 0.5) is 5.69 Å². The summed E-state index contributed by atoms with van der Waals surface area (Å²) in [6, 6.07) is 12.2. The second kappa shape index (κ2) is 6.83. The summed E-state index contributed by atoms with van der Waals surface area (Å²) in [6.45, 7) is 3.79. The van der Waals surface area contributed by atoms with Gasteiger partial charge in [-0.25, -0.2) is 0 Å². The molecule has 27 heavy (non-hydrogen) atoms. The number of nitrogens with zero attached hydrogens (tertiary/aromatic N) is 2. The van der Waals surface area contributed by atoms with Crippen LogP contribution in [0.25, 0.3) is 0 Å². The molecular weight excluding hydrogens is 336 g/mol. The minimum Gasteiger partial charge on any atom is -0.472 e. The highest BCUT2D eigenvalue weighted by atomic mass is 16.3. The molecule has 1 aromatic heterocycles. The maximum atomic E-state index is 13.1. The molecule has 0 unspecified atom stereocenters. The highest BCUT2D eigenvalue weighted by Gasteiger charge is 2.49. The van der Waals surface area contributed by atoms with Gasteiger partial charge in [0, 0.05) is 18.3 Å². The Morgan fingerprint density at radius 1 is 1.11 bits per heavy atom. The maximum Gasteiger partial charge on any atom is 0.261 e. The lowest BCUT2D eigenvalue weighted by atomic mass is 9.60.